The Balaban J connectivity index is 2.53. The summed E-state index contributed by atoms with van der Waals surface area (Å²) in [5, 5.41) is 53.8. The first-order valence-electron chi connectivity index (χ1n) is 18.9. The molecule has 0 aliphatic carbocycles. The van der Waals surface area contributed by atoms with Gasteiger partial charge < -0.3 is 40.3 Å². The Morgan fingerprint density at radius 3 is 1.75 bits per heavy atom. The number of aliphatic hydroxyl groups excluding tert-OH is 5. The maximum atomic E-state index is 12.8. The predicted molar refractivity (Wildman–Crippen MR) is 193 cm³/mol. The number of aliphatic hydroxyl groups is 5. The molecule has 278 valence electrons. The van der Waals surface area contributed by atoms with Crippen molar-refractivity contribution >= 4 is 5.91 Å². The zero-order chi connectivity index (χ0) is 35.2. The van der Waals surface area contributed by atoms with Gasteiger partial charge in [0, 0.05) is 6.42 Å². The summed E-state index contributed by atoms with van der Waals surface area (Å²) in [5.74, 6) is -0.206. The SMILES string of the molecule is CCCCC/C=C\CCCCCCCC(=O)NC(COC1OC(CO)C(O)C(O)C1O)C(O)/C=C/CC/C=C/CC/C=C/CCCCC. The second kappa shape index (κ2) is 30.0. The molecule has 1 aliphatic rings. The Kier molecular flexibility index (Phi) is 27.6. The molecule has 9 heteroatoms. The zero-order valence-corrected chi connectivity index (χ0v) is 30.0. The first-order chi connectivity index (χ1) is 23.3. The summed E-state index contributed by atoms with van der Waals surface area (Å²) in [5.41, 5.74) is 0. The molecule has 7 unspecified atom stereocenters. The standard InChI is InChI=1S/C39H69NO8/c1-3-5-7-9-11-13-15-17-18-20-22-24-26-28-33(42)32(31-47-39-38(46)37(45)36(44)34(30-41)48-39)40-35(43)29-27-25-23-21-19-16-14-12-10-8-6-4-2/h11-14,18,20,26,28,32-34,36-39,41-42,44-46H,3-10,15-17,19,21-25,27,29-31H2,1-2H3,(H,40,43)/b13-11+,14-12-,20-18+,28-26+. The van der Waals surface area contributed by atoms with Gasteiger partial charge in [0.05, 0.1) is 25.4 Å². The first-order valence-corrected chi connectivity index (χ1v) is 18.9. The number of rotatable bonds is 29. The smallest absolute Gasteiger partial charge is 0.220 e. The van der Waals surface area contributed by atoms with E-state index in [1.54, 1.807) is 6.08 Å². The van der Waals surface area contributed by atoms with E-state index in [1.807, 2.05) is 6.08 Å². The molecule has 7 atom stereocenters. The second-order valence-corrected chi connectivity index (χ2v) is 13.0. The van der Waals surface area contributed by atoms with Crippen LogP contribution in [0.4, 0.5) is 0 Å². The Morgan fingerprint density at radius 1 is 0.688 bits per heavy atom. The minimum Gasteiger partial charge on any atom is -0.394 e. The van der Waals surface area contributed by atoms with Gasteiger partial charge in [0.1, 0.15) is 24.4 Å². The fraction of sp³-hybridized carbons (Fsp3) is 0.769. The quantitative estimate of drug-likeness (QED) is 0.0397. The van der Waals surface area contributed by atoms with Crippen LogP contribution in [-0.4, -0.2) is 87.5 Å². The van der Waals surface area contributed by atoms with Gasteiger partial charge >= 0.3 is 0 Å². The highest BCUT2D eigenvalue weighted by atomic mass is 16.7. The minimum absolute atomic E-state index is 0.206. The van der Waals surface area contributed by atoms with Crippen LogP contribution >= 0.6 is 0 Å². The van der Waals surface area contributed by atoms with Gasteiger partial charge in [0.2, 0.25) is 5.91 Å². The number of hydrogen-bond acceptors (Lipinski definition) is 8. The summed E-state index contributed by atoms with van der Waals surface area (Å²) >= 11 is 0. The topological polar surface area (TPSA) is 149 Å². The summed E-state index contributed by atoms with van der Waals surface area (Å²) in [7, 11) is 0. The highest BCUT2D eigenvalue weighted by Crippen LogP contribution is 2.22. The second-order valence-electron chi connectivity index (χ2n) is 13.0. The van der Waals surface area contributed by atoms with Crippen molar-refractivity contribution in [2.75, 3.05) is 13.2 Å². The van der Waals surface area contributed by atoms with Crippen molar-refractivity contribution in [3.05, 3.63) is 48.6 Å². The molecule has 0 bridgehead atoms. The largest absolute Gasteiger partial charge is 0.394 e. The van der Waals surface area contributed by atoms with Crippen molar-refractivity contribution in [1.82, 2.24) is 5.32 Å². The van der Waals surface area contributed by atoms with Crippen molar-refractivity contribution in [3.8, 4) is 0 Å². The lowest BCUT2D eigenvalue weighted by molar-refractivity contribution is -0.302. The molecular formula is C39H69NO8. The van der Waals surface area contributed by atoms with Crippen molar-refractivity contribution in [2.45, 2.75) is 179 Å². The molecule has 1 amide bonds. The number of carbonyl (C=O) groups excluding carboxylic acids is 1. The van der Waals surface area contributed by atoms with Gasteiger partial charge in [0.15, 0.2) is 6.29 Å². The van der Waals surface area contributed by atoms with E-state index < -0.39 is 49.5 Å². The maximum Gasteiger partial charge on any atom is 0.220 e. The van der Waals surface area contributed by atoms with Gasteiger partial charge in [-0.2, -0.15) is 0 Å². The fourth-order valence-corrected chi connectivity index (χ4v) is 5.47. The molecular weight excluding hydrogens is 610 g/mol. The van der Waals surface area contributed by atoms with E-state index in [-0.39, 0.29) is 12.5 Å². The highest BCUT2D eigenvalue weighted by molar-refractivity contribution is 5.76. The fourth-order valence-electron chi connectivity index (χ4n) is 5.47. The molecule has 0 spiro atoms. The van der Waals surface area contributed by atoms with Crippen molar-refractivity contribution in [1.29, 1.82) is 0 Å². The molecule has 48 heavy (non-hydrogen) atoms. The average molecular weight is 680 g/mol. The van der Waals surface area contributed by atoms with Gasteiger partial charge in [-0.1, -0.05) is 107 Å². The van der Waals surface area contributed by atoms with Crippen LogP contribution in [0.1, 0.15) is 136 Å². The summed E-state index contributed by atoms with van der Waals surface area (Å²) < 4.78 is 11.1. The third-order valence-electron chi connectivity index (χ3n) is 8.60. The van der Waals surface area contributed by atoms with Crippen molar-refractivity contribution in [3.63, 3.8) is 0 Å². The molecule has 1 saturated heterocycles. The number of carbonyl (C=O) groups is 1. The van der Waals surface area contributed by atoms with Crippen molar-refractivity contribution in [2.24, 2.45) is 0 Å². The van der Waals surface area contributed by atoms with Crippen LogP contribution in [0.15, 0.2) is 48.6 Å². The van der Waals surface area contributed by atoms with Crippen LogP contribution in [0.5, 0.6) is 0 Å². The molecule has 1 fully saturated rings. The summed E-state index contributed by atoms with van der Waals surface area (Å²) in [6, 6.07) is -0.829. The summed E-state index contributed by atoms with van der Waals surface area (Å²) in [4.78, 5) is 12.8. The molecule has 1 heterocycles. The van der Waals surface area contributed by atoms with E-state index >= 15 is 0 Å². The van der Waals surface area contributed by atoms with Crippen LogP contribution in [-0.2, 0) is 14.3 Å². The van der Waals surface area contributed by atoms with E-state index in [0.717, 1.165) is 77.0 Å². The maximum absolute atomic E-state index is 12.8. The average Bonchev–Trinajstić information content (AvgIpc) is 3.08. The van der Waals surface area contributed by atoms with E-state index in [0.29, 0.717) is 6.42 Å². The molecule has 1 rings (SSSR count). The molecule has 0 aromatic rings. The van der Waals surface area contributed by atoms with Crippen molar-refractivity contribution < 1.29 is 39.8 Å². The van der Waals surface area contributed by atoms with Crippen LogP contribution in [0.3, 0.4) is 0 Å². The van der Waals surface area contributed by atoms with Gasteiger partial charge in [-0.15, -0.1) is 0 Å². The van der Waals surface area contributed by atoms with E-state index in [1.165, 1.54) is 38.5 Å². The van der Waals surface area contributed by atoms with E-state index in [9.17, 15) is 30.3 Å². The van der Waals surface area contributed by atoms with Crippen LogP contribution in [0, 0.1) is 0 Å². The highest BCUT2D eigenvalue weighted by Gasteiger charge is 2.44. The Hall–Kier alpha value is -1.85. The third kappa shape index (κ3) is 21.3. The van der Waals surface area contributed by atoms with Gasteiger partial charge in [0.25, 0.3) is 0 Å². The summed E-state index contributed by atoms with van der Waals surface area (Å²) in [6.45, 7) is 3.64. The molecule has 9 nitrogen and oxygen atoms in total. The van der Waals surface area contributed by atoms with Crippen LogP contribution < -0.4 is 5.32 Å². The molecule has 0 aromatic carbocycles. The first kappa shape index (κ1) is 44.2. The predicted octanol–water partition coefficient (Wildman–Crippen LogP) is 6.33. The lowest BCUT2D eigenvalue weighted by atomic mass is 9.99. The van der Waals surface area contributed by atoms with Gasteiger partial charge in [-0.3, -0.25) is 4.79 Å². The summed E-state index contributed by atoms with van der Waals surface area (Å²) in [6.07, 6.45) is 28.7. The Labute approximate surface area is 291 Å². The lowest BCUT2D eigenvalue weighted by Crippen LogP contribution is -2.60. The number of nitrogens with one attached hydrogen (secondary N) is 1. The molecule has 0 saturated carbocycles. The van der Waals surface area contributed by atoms with Gasteiger partial charge in [-0.05, 0) is 70.6 Å². The minimum atomic E-state index is -1.57. The normalized spacial score (nSPS) is 23.2. The Bertz CT molecular complexity index is 889. The van der Waals surface area contributed by atoms with Gasteiger partial charge in [-0.25, -0.2) is 0 Å². The number of ether oxygens (including phenoxy) is 2. The van der Waals surface area contributed by atoms with E-state index in [4.69, 9.17) is 9.47 Å². The molecule has 1 aliphatic heterocycles. The number of unbranched alkanes of at least 4 members (excludes halogenated alkanes) is 13. The Morgan fingerprint density at radius 2 is 1.19 bits per heavy atom. The number of hydrogen-bond donors (Lipinski definition) is 6. The monoisotopic (exact) mass is 680 g/mol. The van der Waals surface area contributed by atoms with Crippen LogP contribution in [0.2, 0.25) is 0 Å². The molecule has 0 aromatic heterocycles. The lowest BCUT2D eigenvalue weighted by Gasteiger charge is -2.40. The molecule has 0 radical (unpaired) electrons. The molecule has 6 N–H and O–H groups in total. The zero-order valence-electron chi connectivity index (χ0n) is 30.0. The number of allylic oxidation sites excluding steroid dienone is 7. The number of amides is 1. The third-order valence-corrected chi connectivity index (χ3v) is 8.60. The van der Waals surface area contributed by atoms with E-state index in [2.05, 4.69) is 55.6 Å². The van der Waals surface area contributed by atoms with Crippen LogP contribution in [0.25, 0.3) is 0 Å².